The van der Waals surface area contributed by atoms with Gasteiger partial charge in [0.25, 0.3) is 0 Å². The van der Waals surface area contributed by atoms with Gasteiger partial charge in [0.05, 0.1) is 22.2 Å². The summed E-state index contributed by atoms with van der Waals surface area (Å²) in [5.74, 6) is -0.132. The number of rotatable bonds is 8. The Morgan fingerprint density at radius 1 is 1.21 bits per heavy atom. The molecule has 2 heterocycles. The highest BCUT2D eigenvalue weighted by Gasteiger charge is 2.42. The van der Waals surface area contributed by atoms with E-state index in [9.17, 15) is 17.6 Å². The molecule has 0 aliphatic carbocycles. The van der Waals surface area contributed by atoms with Gasteiger partial charge >= 0.3 is 0 Å². The molecule has 0 radical (unpaired) electrons. The summed E-state index contributed by atoms with van der Waals surface area (Å²) in [6.45, 7) is 1.18. The molecule has 0 spiro atoms. The molecule has 4 rings (SSSR count). The number of benzene rings is 2. The third-order valence-electron chi connectivity index (χ3n) is 5.76. The van der Waals surface area contributed by atoms with Gasteiger partial charge in [-0.25, -0.2) is 17.8 Å². The summed E-state index contributed by atoms with van der Waals surface area (Å²) in [5.41, 5.74) is 0.741. The summed E-state index contributed by atoms with van der Waals surface area (Å²) in [6, 6.07) is 9.35. The highest BCUT2D eigenvalue weighted by molar-refractivity contribution is 7.89. The second-order valence-electron chi connectivity index (χ2n) is 8.35. The van der Waals surface area contributed by atoms with E-state index < -0.39 is 21.9 Å². The zero-order valence-electron chi connectivity index (χ0n) is 19.3. The van der Waals surface area contributed by atoms with Crippen molar-refractivity contribution in [2.45, 2.75) is 23.8 Å². The van der Waals surface area contributed by atoms with Gasteiger partial charge in [0, 0.05) is 19.6 Å². The van der Waals surface area contributed by atoms with E-state index in [-0.39, 0.29) is 17.3 Å². The lowest BCUT2D eigenvalue weighted by atomic mass is 10.2. The number of halogens is 1. The minimum atomic E-state index is -3.96. The van der Waals surface area contributed by atoms with Crippen molar-refractivity contribution in [2.75, 3.05) is 45.7 Å². The van der Waals surface area contributed by atoms with Gasteiger partial charge in [-0.1, -0.05) is 11.3 Å². The molecular weight excluding hydrogens is 479 g/mol. The molecule has 1 fully saturated rings. The Labute approximate surface area is 202 Å². The van der Waals surface area contributed by atoms with Crippen LogP contribution in [0.2, 0.25) is 0 Å². The first-order chi connectivity index (χ1) is 16.2. The van der Waals surface area contributed by atoms with Crippen LogP contribution in [0.1, 0.15) is 12.8 Å². The monoisotopic (exact) mass is 506 g/mol. The number of nitrogens with zero attached hydrogens (tertiary/aromatic N) is 4. The van der Waals surface area contributed by atoms with Crippen molar-refractivity contribution >= 4 is 42.6 Å². The van der Waals surface area contributed by atoms with Crippen LogP contribution in [0.4, 0.5) is 9.52 Å². The molecule has 1 atom stereocenters. The number of aromatic nitrogens is 1. The van der Waals surface area contributed by atoms with Crippen molar-refractivity contribution in [1.82, 2.24) is 14.2 Å². The van der Waals surface area contributed by atoms with Crippen molar-refractivity contribution in [3.8, 4) is 5.75 Å². The summed E-state index contributed by atoms with van der Waals surface area (Å²) in [5, 5.41) is 0.515. The average Bonchev–Trinajstić information content (AvgIpc) is 3.46. The summed E-state index contributed by atoms with van der Waals surface area (Å²) in [4.78, 5) is 22.0. The fraction of sp³-hybridized carbons (Fsp3) is 0.391. The minimum Gasteiger partial charge on any atom is -0.497 e. The number of carbonyl (C=O) groups is 1. The fourth-order valence-corrected chi connectivity index (χ4v) is 6.61. The van der Waals surface area contributed by atoms with Gasteiger partial charge in [-0.2, -0.15) is 4.31 Å². The van der Waals surface area contributed by atoms with E-state index >= 15 is 0 Å². The molecule has 0 N–H and O–H groups in total. The number of thiazole rings is 1. The predicted molar refractivity (Wildman–Crippen MR) is 130 cm³/mol. The Bertz CT molecular complexity index is 1280. The molecule has 3 aromatic rings. The molecular formula is C23H27FN4O4S2. The molecule has 0 saturated carbocycles. The van der Waals surface area contributed by atoms with Crippen molar-refractivity contribution in [1.29, 1.82) is 0 Å². The third kappa shape index (κ3) is 4.92. The number of hydrogen-bond donors (Lipinski definition) is 0. The topological polar surface area (TPSA) is 83.1 Å². The van der Waals surface area contributed by atoms with Crippen molar-refractivity contribution in [3.63, 3.8) is 0 Å². The number of carbonyl (C=O) groups excluding carboxylic acids is 1. The minimum absolute atomic E-state index is 0.0273. The predicted octanol–water partition coefficient (Wildman–Crippen LogP) is 3.19. The first kappa shape index (κ1) is 24.5. The zero-order chi connectivity index (χ0) is 24.5. The highest BCUT2D eigenvalue weighted by Crippen LogP contribution is 2.34. The van der Waals surface area contributed by atoms with E-state index in [1.807, 2.05) is 37.2 Å². The van der Waals surface area contributed by atoms with E-state index in [1.165, 1.54) is 27.8 Å². The van der Waals surface area contributed by atoms with Gasteiger partial charge in [0.1, 0.15) is 17.6 Å². The summed E-state index contributed by atoms with van der Waals surface area (Å²) >= 11 is 1.37. The van der Waals surface area contributed by atoms with Crippen LogP contribution in [-0.2, 0) is 14.8 Å². The third-order valence-corrected chi connectivity index (χ3v) is 8.72. The van der Waals surface area contributed by atoms with Crippen molar-refractivity contribution < 1.29 is 22.3 Å². The smallest absolute Gasteiger partial charge is 0.247 e. The lowest BCUT2D eigenvalue weighted by Crippen LogP contribution is -2.49. The lowest BCUT2D eigenvalue weighted by Gasteiger charge is -2.29. The second kappa shape index (κ2) is 9.95. The van der Waals surface area contributed by atoms with Gasteiger partial charge in [0.15, 0.2) is 5.13 Å². The first-order valence-corrected chi connectivity index (χ1v) is 13.1. The summed E-state index contributed by atoms with van der Waals surface area (Å²) in [6.07, 6.45) is 0.978. The van der Waals surface area contributed by atoms with E-state index in [0.29, 0.717) is 36.8 Å². The SMILES string of the molecule is COc1ccc2nc(N(CCN(C)C)C(=O)C3CCCN3S(=O)(=O)c3ccc(F)cc3)sc2c1. The molecule has 11 heteroatoms. The summed E-state index contributed by atoms with van der Waals surface area (Å²) in [7, 11) is 1.45. The Hall–Kier alpha value is -2.60. The lowest BCUT2D eigenvalue weighted by molar-refractivity contribution is -0.121. The Morgan fingerprint density at radius 3 is 2.62 bits per heavy atom. The summed E-state index contributed by atoms with van der Waals surface area (Å²) < 4.78 is 47.3. The standard InChI is InChI=1S/C23H27FN4O4S2/c1-26(2)13-14-27(23-25-19-11-8-17(32-3)15-21(19)33-23)22(29)20-5-4-12-28(20)34(30,31)18-9-6-16(24)7-10-18/h6-11,15,20H,4-5,12-14H2,1-3H3. The molecule has 182 valence electrons. The van der Waals surface area contributed by atoms with Crippen LogP contribution in [0.25, 0.3) is 10.2 Å². The van der Waals surface area contributed by atoms with Gasteiger partial charge in [-0.15, -0.1) is 0 Å². The van der Waals surface area contributed by atoms with Crippen LogP contribution >= 0.6 is 11.3 Å². The first-order valence-electron chi connectivity index (χ1n) is 10.9. The quantitative estimate of drug-likeness (QED) is 0.467. The van der Waals surface area contributed by atoms with Crippen molar-refractivity contribution in [2.24, 2.45) is 0 Å². The van der Waals surface area contributed by atoms with E-state index in [1.54, 1.807) is 12.0 Å². The zero-order valence-corrected chi connectivity index (χ0v) is 20.9. The number of amides is 1. The molecule has 1 amide bonds. The van der Waals surface area contributed by atoms with Crippen LogP contribution in [0.15, 0.2) is 47.4 Å². The van der Waals surface area contributed by atoms with Crippen molar-refractivity contribution in [3.05, 3.63) is 48.3 Å². The van der Waals surface area contributed by atoms with Gasteiger partial charge in [-0.05, 0) is 69.4 Å². The molecule has 1 aromatic heterocycles. The number of likely N-dealkylation sites (N-methyl/N-ethyl adjacent to an activating group) is 1. The van der Waals surface area contributed by atoms with E-state index in [2.05, 4.69) is 4.98 Å². The number of anilines is 1. The maximum absolute atomic E-state index is 13.8. The average molecular weight is 507 g/mol. The molecule has 1 aliphatic rings. The Kier molecular flexibility index (Phi) is 7.17. The number of hydrogen-bond acceptors (Lipinski definition) is 7. The number of fused-ring (bicyclic) bond motifs is 1. The Balaban J connectivity index is 1.67. The van der Waals surface area contributed by atoms with Crippen LogP contribution in [-0.4, -0.2) is 75.4 Å². The van der Waals surface area contributed by atoms with Gasteiger partial charge in [0.2, 0.25) is 15.9 Å². The molecule has 0 bridgehead atoms. The van der Waals surface area contributed by atoms with Crippen LogP contribution in [0.3, 0.4) is 0 Å². The van der Waals surface area contributed by atoms with Crippen LogP contribution in [0, 0.1) is 5.82 Å². The van der Waals surface area contributed by atoms with E-state index in [4.69, 9.17) is 4.74 Å². The van der Waals surface area contributed by atoms with Gasteiger partial charge in [-0.3, -0.25) is 9.69 Å². The maximum Gasteiger partial charge on any atom is 0.247 e. The number of sulfonamides is 1. The molecule has 2 aromatic carbocycles. The fourth-order valence-electron chi connectivity index (χ4n) is 3.93. The molecule has 1 aliphatic heterocycles. The molecule has 1 unspecified atom stereocenters. The van der Waals surface area contributed by atoms with Gasteiger partial charge < -0.3 is 9.64 Å². The Morgan fingerprint density at radius 2 is 1.94 bits per heavy atom. The molecule has 8 nitrogen and oxygen atoms in total. The highest BCUT2D eigenvalue weighted by atomic mass is 32.2. The number of ether oxygens (including phenoxy) is 1. The number of methoxy groups -OCH3 is 1. The van der Waals surface area contributed by atoms with Crippen LogP contribution in [0.5, 0.6) is 5.75 Å². The maximum atomic E-state index is 13.8. The van der Waals surface area contributed by atoms with Crippen LogP contribution < -0.4 is 9.64 Å². The molecule has 1 saturated heterocycles. The molecule has 34 heavy (non-hydrogen) atoms. The normalized spacial score (nSPS) is 16.9. The van der Waals surface area contributed by atoms with E-state index in [0.717, 1.165) is 22.3 Å². The largest absolute Gasteiger partial charge is 0.497 e. The second-order valence-corrected chi connectivity index (χ2v) is 11.3.